The summed E-state index contributed by atoms with van der Waals surface area (Å²) in [6.45, 7) is 4.41. The lowest BCUT2D eigenvalue weighted by Gasteiger charge is -2.31. The van der Waals surface area contributed by atoms with Gasteiger partial charge in [-0.15, -0.1) is 0 Å². The number of benzene rings is 1. The molecular formula is C25H33N3O5. The van der Waals surface area contributed by atoms with E-state index in [-0.39, 0.29) is 55.0 Å². The van der Waals surface area contributed by atoms with E-state index in [1.165, 1.54) is 4.90 Å². The molecule has 8 heteroatoms. The Labute approximate surface area is 194 Å². The SMILES string of the molecule is CCNC(=O)[C@@H](CC)N(Cc1cccc(OC)c1)C(=O)CCN1C(=O)[C@H]2CC=CC[C@H]2C1=O. The van der Waals surface area contributed by atoms with Crippen LogP contribution in [0.3, 0.4) is 0 Å². The molecule has 3 rings (SSSR count). The Morgan fingerprint density at radius 2 is 1.82 bits per heavy atom. The molecule has 4 amide bonds. The zero-order valence-corrected chi connectivity index (χ0v) is 19.6. The van der Waals surface area contributed by atoms with E-state index in [1.807, 2.05) is 50.3 Å². The predicted molar refractivity (Wildman–Crippen MR) is 123 cm³/mol. The number of fused-ring (bicyclic) bond motifs is 1. The molecular weight excluding hydrogens is 422 g/mol. The van der Waals surface area contributed by atoms with Crippen LogP contribution in [0.5, 0.6) is 5.75 Å². The molecule has 0 unspecified atom stereocenters. The van der Waals surface area contributed by atoms with E-state index in [9.17, 15) is 19.2 Å². The fraction of sp³-hybridized carbons (Fsp3) is 0.520. The molecule has 33 heavy (non-hydrogen) atoms. The number of ether oxygens (including phenoxy) is 1. The van der Waals surface area contributed by atoms with Crippen LogP contribution >= 0.6 is 0 Å². The molecule has 8 nitrogen and oxygen atoms in total. The zero-order chi connectivity index (χ0) is 24.0. The number of hydrogen-bond donors (Lipinski definition) is 1. The van der Waals surface area contributed by atoms with E-state index < -0.39 is 6.04 Å². The lowest BCUT2D eigenvalue weighted by Crippen LogP contribution is -2.49. The summed E-state index contributed by atoms with van der Waals surface area (Å²) in [4.78, 5) is 54.3. The normalized spacial score (nSPS) is 20.4. The molecule has 1 fully saturated rings. The van der Waals surface area contributed by atoms with Gasteiger partial charge in [0, 0.05) is 26.1 Å². The first-order valence-corrected chi connectivity index (χ1v) is 11.6. The first-order valence-electron chi connectivity index (χ1n) is 11.6. The average Bonchev–Trinajstić information content (AvgIpc) is 3.07. The highest BCUT2D eigenvalue weighted by molar-refractivity contribution is 6.05. The van der Waals surface area contributed by atoms with Crippen LogP contribution in [0.25, 0.3) is 0 Å². The van der Waals surface area contributed by atoms with Crippen LogP contribution in [0, 0.1) is 11.8 Å². The third-order valence-corrected chi connectivity index (χ3v) is 6.37. The highest BCUT2D eigenvalue weighted by atomic mass is 16.5. The Bertz CT molecular complexity index is 902. The number of likely N-dealkylation sites (tertiary alicyclic amines) is 1. The number of allylic oxidation sites excluding steroid dienone is 2. The van der Waals surface area contributed by atoms with Crippen LogP contribution in [-0.2, 0) is 25.7 Å². The monoisotopic (exact) mass is 455 g/mol. The van der Waals surface area contributed by atoms with Crippen molar-refractivity contribution in [3.63, 3.8) is 0 Å². The Hall–Kier alpha value is -3.16. The molecule has 0 aromatic heterocycles. The number of carbonyl (C=O) groups excluding carboxylic acids is 4. The van der Waals surface area contributed by atoms with Crippen molar-refractivity contribution in [1.29, 1.82) is 0 Å². The number of carbonyl (C=O) groups is 4. The van der Waals surface area contributed by atoms with Crippen LogP contribution < -0.4 is 10.1 Å². The van der Waals surface area contributed by atoms with Gasteiger partial charge >= 0.3 is 0 Å². The summed E-state index contributed by atoms with van der Waals surface area (Å²) in [7, 11) is 1.57. The standard InChI is InChI=1S/C25H33N3O5/c1-4-21(23(30)26-5-2)28(16-17-9-8-10-18(15-17)33-3)22(29)13-14-27-24(31)19-11-6-7-12-20(19)25(27)32/h6-10,15,19-21H,4-5,11-14,16H2,1-3H3,(H,26,30)/t19-,20+,21-/m1/s1. The molecule has 1 saturated heterocycles. The number of nitrogens with zero attached hydrogens (tertiary/aromatic N) is 2. The van der Waals surface area contributed by atoms with Gasteiger partial charge in [0.1, 0.15) is 11.8 Å². The summed E-state index contributed by atoms with van der Waals surface area (Å²) in [5.74, 6) is -0.857. The maximum atomic E-state index is 13.3. The number of amides is 4. The number of likely N-dealkylation sites (N-methyl/N-ethyl adjacent to an activating group) is 1. The number of rotatable bonds is 10. The van der Waals surface area contributed by atoms with Crippen LogP contribution in [-0.4, -0.2) is 59.7 Å². The van der Waals surface area contributed by atoms with Crippen molar-refractivity contribution in [2.75, 3.05) is 20.2 Å². The van der Waals surface area contributed by atoms with E-state index in [4.69, 9.17) is 4.74 Å². The van der Waals surface area contributed by atoms with Gasteiger partial charge in [-0.05, 0) is 43.9 Å². The first kappa shape index (κ1) is 24.5. The predicted octanol–water partition coefficient (Wildman–Crippen LogP) is 2.28. The van der Waals surface area contributed by atoms with Crippen molar-refractivity contribution >= 4 is 23.6 Å². The molecule has 1 heterocycles. The lowest BCUT2D eigenvalue weighted by molar-refractivity contribution is -0.144. The Balaban J connectivity index is 1.76. The van der Waals surface area contributed by atoms with Crippen molar-refractivity contribution in [3.05, 3.63) is 42.0 Å². The molecule has 0 saturated carbocycles. The second kappa shape index (κ2) is 11.1. The third-order valence-electron chi connectivity index (χ3n) is 6.37. The van der Waals surface area contributed by atoms with E-state index in [2.05, 4.69) is 5.32 Å². The fourth-order valence-corrected chi connectivity index (χ4v) is 4.62. The smallest absolute Gasteiger partial charge is 0.242 e. The third kappa shape index (κ3) is 5.43. The summed E-state index contributed by atoms with van der Waals surface area (Å²) in [5.41, 5.74) is 0.830. The molecule has 3 atom stereocenters. The minimum Gasteiger partial charge on any atom is -0.497 e. The maximum absolute atomic E-state index is 13.3. The van der Waals surface area contributed by atoms with Crippen LogP contribution in [0.15, 0.2) is 36.4 Å². The van der Waals surface area contributed by atoms with Gasteiger partial charge in [0.25, 0.3) is 0 Å². The summed E-state index contributed by atoms with van der Waals surface area (Å²) in [6.07, 6.45) is 5.43. The van der Waals surface area contributed by atoms with Crippen LogP contribution in [0.2, 0.25) is 0 Å². The second-order valence-corrected chi connectivity index (χ2v) is 8.43. The Morgan fingerprint density at radius 3 is 2.39 bits per heavy atom. The Kier molecular flexibility index (Phi) is 8.25. The van der Waals surface area contributed by atoms with E-state index in [1.54, 1.807) is 12.0 Å². The Morgan fingerprint density at radius 1 is 1.15 bits per heavy atom. The van der Waals surface area contributed by atoms with Crippen molar-refractivity contribution in [3.8, 4) is 5.75 Å². The number of imide groups is 1. The second-order valence-electron chi connectivity index (χ2n) is 8.43. The summed E-state index contributed by atoms with van der Waals surface area (Å²) >= 11 is 0. The number of methoxy groups -OCH3 is 1. The van der Waals surface area contributed by atoms with Crippen molar-refractivity contribution in [1.82, 2.24) is 15.1 Å². The molecule has 0 radical (unpaired) electrons. The number of nitrogens with one attached hydrogen (secondary N) is 1. The van der Waals surface area contributed by atoms with Crippen LogP contribution in [0.1, 0.15) is 45.1 Å². The highest BCUT2D eigenvalue weighted by Gasteiger charge is 2.47. The van der Waals surface area contributed by atoms with Crippen molar-refractivity contribution in [2.24, 2.45) is 11.8 Å². The highest BCUT2D eigenvalue weighted by Crippen LogP contribution is 2.35. The first-order chi connectivity index (χ1) is 15.9. The van der Waals surface area contributed by atoms with Gasteiger partial charge in [0.05, 0.1) is 18.9 Å². The molecule has 1 N–H and O–H groups in total. The van der Waals surface area contributed by atoms with E-state index in [0.29, 0.717) is 31.6 Å². The topological polar surface area (TPSA) is 96.0 Å². The molecule has 0 bridgehead atoms. The fourth-order valence-electron chi connectivity index (χ4n) is 4.62. The van der Waals surface area contributed by atoms with Gasteiger partial charge in [-0.25, -0.2) is 0 Å². The minimum absolute atomic E-state index is 0.0236. The molecule has 178 valence electrons. The lowest BCUT2D eigenvalue weighted by atomic mass is 9.85. The molecule has 1 aliphatic heterocycles. The van der Waals surface area contributed by atoms with E-state index >= 15 is 0 Å². The molecule has 1 aliphatic carbocycles. The largest absolute Gasteiger partial charge is 0.497 e. The summed E-state index contributed by atoms with van der Waals surface area (Å²) in [6, 6.07) is 6.70. The zero-order valence-electron chi connectivity index (χ0n) is 19.6. The molecule has 1 aromatic carbocycles. The molecule has 0 spiro atoms. The van der Waals surface area contributed by atoms with E-state index in [0.717, 1.165) is 5.56 Å². The molecule has 1 aromatic rings. The average molecular weight is 456 g/mol. The van der Waals surface area contributed by atoms with Gasteiger partial charge in [-0.1, -0.05) is 31.2 Å². The van der Waals surface area contributed by atoms with Gasteiger partial charge in [-0.2, -0.15) is 0 Å². The van der Waals surface area contributed by atoms with Gasteiger partial charge in [0.2, 0.25) is 23.6 Å². The maximum Gasteiger partial charge on any atom is 0.242 e. The quantitative estimate of drug-likeness (QED) is 0.431. The van der Waals surface area contributed by atoms with Gasteiger partial charge in [0.15, 0.2) is 0 Å². The summed E-state index contributed by atoms with van der Waals surface area (Å²) in [5, 5.41) is 2.80. The van der Waals surface area contributed by atoms with Gasteiger partial charge < -0.3 is 15.0 Å². The summed E-state index contributed by atoms with van der Waals surface area (Å²) < 4.78 is 5.29. The van der Waals surface area contributed by atoms with Crippen molar-refractivity contribution < 1.29 is 23.9 Å². The minimum atomic E-state index is -0.652. The van der Waals surface area contributed by atoms with Crippen molar-refractivity contribution in [2.45, 2.75) is 52.1 Å². The van der Waals surface area contributed by atoms with Gasteiger partial charge in [-0.3, -0.25) is 24.1 Å². The number of hydrogen-bond acceptors (Lipinski definition) is 5. The molecule has 2 aliphatic rings. The van der Waals surface area contributed by atoms with Crippen LogP contribution in [0.4, 0.5) is 0 Å².